The van der Waals surface area contributed by atoms with Crippen molar-refractivity contribution in [1.82, 2.24) is 4.98 Å². The zero-order valence-electron chi connectivity index (χ0n) is 8.51. The van der Waals surface area contributed by atoms with E-state index in [1.807, 2.05) is 24.3 Å². The van der Waals surface area contributed by atoms with Crippen molar-refractivity contribution in [2.45, 2.75) is 0 Å². The molecular weight excluding hydrogens is 204 g/mol. The second kappa shape index (κ2) is 3.41. The molecule has 0 bridgehead atoms. The minimum Gasteiger partial charge on any atom is -0.454 e. The van der Waals surface area contributed by atoms with E-state index in [0.717, 1.165) is 22.6 Å². The van der Waals surface area contributed by atoms with E-state index in [-0.39, 0.29) is 6.79 Å². The molecule has 0 atom stereocenters. The van der Waals surface area contributed by atoms with E-state index in [9.17, 15) is 0 Å². The van der Waals surface area contributed by atoms with Crippen molar-refractivity contribution < 1.29 is 9.47 Å². The predicted octanol–water partition coefficient (Wildman–Crippen LogP) is 2.06. The Morgan fingerprint density at radius 3 is 2.75 bits per heavy atom. The van der Waals surface area contributed by atoms with E-state index in [1.165, 1.54) is 0 Å². The zero-order valence-corrected chi connectivity index (χ0v) is 8.51. The van der Waals surface area contributed by atoms with E-state index < -0.39 is 0 Å². The molecule has 1 aromatic heterocycles. The van der Waals surface area contributed by atoms with Crippen LogP contribution in [0.2, 0.25) is 0 Å². The smallest absolute Gasteiger partial charge is 0.231 e. The molecule has 3 rings (SSSR count). The summed E-state index contributed by atoms with van der Waals surface area (Å²) in [5.41, 5.74) is 8.33. The van der Waals surface area contributed by atoms with Gasteiger partial charge in [-0.2, -0.15) is 0 Å². The summed E-state index contributed by atoms with van der Waals surface area (Å²) in [7, 11) is 0. The van der Waals surface area contributed by atoms with Crippen LogP contribution in [0.15, 0.2) is 36.7 Å². The first-order chi connectivity index (χ1) is 7.83. The fraction of sp³-hybridized carbons (Fsp3) is 0.0833. The highest BCUT2D eigenvalue weighted by Crippen LogP contribution is 2.35. The number of anilines is 1. The first kappa shape index (κ1) is 9.03. The topological polar surface area (TPSA) is 57.4 Å². The van der Waals surface area contributed by atoms with Crippen LogP contribution < -0.4 is 15.2 Å². The normalized spacial score (nSPS) is 12.8. The summed E-state index contributed by atoms with van der Waals surface area (Å²) in [5, 5.41) is 0. The quantitative estimate of drug-likeness (QED) is 0.789. The molecule has 4 nitrogen and oxygen atoms in total. The summed E-state index contributed by atoms with van der Waals surface area (Å²) < 4.78 is 10.6. The molecule has 0 spiro atoms. The Morgan fingerprint density at radius 1 is 1.00 bits per heavy atom. The number of hydrogen-bond acceptors (Lipinski definition) is 4. The standard InChI is InChI=1S/C12H10N2O2/c13-10-3-9(5-14-6-10)8-1-2-11-12(4-8)16-7-15-11/h1-6H,7,13H2. The zero-order chi connectivity index (χ0) is 11.0. The lowest BCUT2D eigenvalue weighted by Gasteiger charge is -2.03. The van der Waals surface area contributed by atoms with Gasteiger partial charge in [0.25, 0.3) is 0 Å². The molecule has 0 saturated heterocycles. The highest BCUT2D eigenvalue weighted by Gasteiger charge is 2.13. The summed E-state index contributed by atoms with van der Waals surface area (Å²) >= 11 is 0. The maximum Gasteiger partial charge on any atom is 0.231 e. The molecule has 4 heteroatoms. The molecule has 0 unspecified atom stereocenters. The fourth-order valence-corrected chi connectivity index (χ4v) is 1.69. The van der Waals surface area contributed by atoms with Crippen LogP contribution in [0.1, 0.15) is 0 Å². The van der Waals surface area contributed by atoms with Crippen LogP contribution >= 0.6 is 0 Å². The third kappa shape index (κ3) is 1.44. The summed E-state index contributed by atoms with van der Waals surface area (Å²) in [6.07, 6.45) is 3.39. The largest absolute Gasteiger partial charge is 0.454 e. The Balaban J connectivity index is 2.07. The van der Waals surface area contributed by atoms with Gasteiger partial charge in [-0.3, -0.25) is 4.98 Å². The molecule has 0 saturated carbocycles. The number of aromatic nitrogens is 1. The van der Waals surface area contributed by atoms with Gasteiger partial charge in [0.15, 0.2) is 11.5 Å². The van der Waals surface area contributed by atoms with Crippen LogP contribution in [0.25, 0.3) is 11.1 Å². The van der Waals surface area contributed by atoms with E-state index in [1.54, 1.807) is 12.4 Å². The van der Waals surface area contributed by atoms with Crippen molar-refractivity contribution in [2.75, 3.05) is 12.5 Å². The van der Waals surface area contributed by atoms with Crippen molar-refractivity contribution in [2.24, 2.45) is 0 Å². The van der Waals surface area contributed by atoms with Gasteiger partial charge < -0.3 is 15.2 Å². The number of ether oxygens (including phenoxy) is 2. The average molecular weight is 214 g/mol. The minimum absolute atomic E-state index is 0.286. The lowest BCUT2D eigenvalue weighted by atomic mass is 10.1. The Labute approximate surface area is 92.6 Å². The predicted molar refractivity (Wildman–Crippen MR) is 60.2 cm³/mol. The molecular formula is C12H10N2O2. The van der Waals surface area contributed by atoms with Gasteiger partial charge in [0.1, 0.15) is 0 Å². The number of nitrogens with zero attached hydrogens (tertiary/aromatic N) is 1. The number of fused-ring (bicyclic) bond motifs is 1. The summed E-state index contributed by atoms with van der Waals surface area (Å²) in [5.74, 6) is 1.54. The van der Waals surface area contributed by atoms with Crippen molar-refractivity contribution in [3.05, 3.63) is 36.7 Å². The molecule has 2 N–H and O–H groups in total. The molecule has 1 aliphatic rings. The molecule has 0 amide bonds. The summed E-state index contributed by atoms with van der Waals surface area (Å²) in [6.45, 7) is 0.286. The van der Waals surface area contributed by atoms with Gasteiger partial charge in [0, 0.05) is 18.0 Å². The van der Waals surface area contributed by atoms with Crippen LogP contribution in [0.3, 0.4) is 0 Å². The number of benzene rings is 1. The molecule has 0 aliphatic carbocycles. The molecule has 0 radical (unpaired) electrons. The van der Waals surface area contributed by atoms with Gasteiger partial charge in [0.05, 0.1) is 5.69 Å². The van der Waals surface area contributed by atoms with Crippen LogP contribution in [-0.2, 0) is 0 Å². The number of pyridine rings is 1. The van der Waals surface area contributed by atoms with Gasteiger partial charge in [-0.1, -0.05) is 6.07 Å². The van der Waals surface area contributed by atoms with E-state index in [4.69, 9.17) is 15.2 Å². The monoisotopic (exact) mass is 214 g/mol. The summed E-state index contributed by atoms with van der Waals surface area (Å²) in [6, 6.07) is 7.66. The van der Waals surface area contributed by atoms with Gasteiger partial charge in [0.2, 0.25) is 6.79 Å². The molecule has 1 aromatic carbocycles. The second-order valence-electron chi connectivity index (χ2n) is 3.57. The first-order valence-corrected chi connectivity index (χ1v) is 4.93. The summed E-state index contributed by atoms with van der Waals surface area (Å²) in [4.78, 5) is 4.06. The minimum atomic E-state index is 0.286. The first-order valence-electron chi connectivity index (χ1n) is 4.93. The van der Waals surface area contributed by atoms with Crippen molar-refractivity contribution in [1.29, 1.82) is 0 Å². The van der Waals surface area contributed by atoms with Gasteiger partial charge >= 0.3 is 0 Å². The number of rotatable bonds is 1. The van der Waals surface area contributed by atoms with Crippen LogP contribution in [-0.4, -0.2) is 11.8 Å². The van der Waals surface area contributed by atoms with Crippen LogP contribution in [0.4, 0.5) is 5.69 Å². The maximum absolute atomic E-state index is 5.69. The van der Waals surface area contributed by atoms with Crippen molar-refractivity contribution in [3.63, 3.8) is 0 Å². The lowest BCUT2D eigenvalue weighted by molar-refractivity contribution is 0.174. The van der Waals surface area contributed by atoms with E-state index >= 15 is 0 Å². The maximum atomic E-state index is 5.69. The number of hydrogen-bond donors (Lipinski definition) is 1. The molecule has 80 valence electrons. The van der Waals surface area contributed by atoms with Gasteiger partial charge in [-0.15, -0.1) is 0 Å². The second-order valence-corrected chi connectivity index (χ2v) is 3.57. The number of nitrogen functional groups attached to an aromatic ring is 1. The molecule has 0 fully saturated rings. The highest BCUT2D eigenvalue weighted by molar-refractivity contribution is 5.69. The fourth-order valence-electron chi connectivity index (χ4n) is 1.69. The molecule has 16 heavy (non-hydrogen) atoms. The Kier molecular flexibility index (Phi) is 1.93. The van der Waals surface area contributed by atoms with Crippen molar-refractivity contribution in [3.8, 4) is 22.6 Å². The van der Waals surface area contributed by atoms with Crippen molar-refractivity contribution >= 4 is 5.69 Å². The Hall–Kier alpha value is -2.23. The Morgan fingerprint density at radius 2 is 1.88 bits per heavy atom. The van der Waals surface area contributed by atoms with E-state index in [0.29, 0.717) is 5.69 Å². The Bertz CT molecular complexity index is 540. The van der Waals surface area contributed by atoms with Gasteiger partial charge in [-0.05, 0) is 23.8 Å². The lowest BCUT2D eigenvalue weighted by Crippen LogP contribution is -1.92. The van der Waals surface area contributed by atoms with Crippen LogP contribution in [0, 0.1) is 0 Å². The molecule has 2 aromatic rings. The third-order valence-corrected chi connectivity index (χ3v) is 2.47. The molecule has 2 heterocycles. The van der Waals surface area contributed by atoms with E-state index in [2.05, 4.69) is 4.98 Å². The SMILES string of the molecule is Nc1cncc(-c2ccc3c(c2)OCO3)c1. The van der Waals surface area contributed by atoms with Crippen LogP contribution in [0.5, 0.6) is 11.5 Å². The average Bonchev–Trinajstić information content (AvgIpc) is 2.75. The molecule has 1 aliphatic heterocycles. The third-order valence-electron chi connectivity index (χ3n) is 2.47. The van der Waals surface area contributed by atoms with Gasteiger partial charge in [-0.25, -0.2) is 0 Å². The highest BCUT2D eigenvalue weighted by atomic mass is 16.7. The number of nitrogens with two attached hydrogens (primary N) is 1.